The van der Waals surface area contributed by atoms with Gasteiger partial charge in [-0.25, -0.2) is 0 Å². The lowest BCUT2D eigenvalue weighted by Gasteiger charge is -2.27. The van der Waals surface area contributed by atoms with E-state index in [2.05, 4.69) is 6.92 Å². The number of hydrogen-bond acceptors (Lipinski definition) is 4. The molecule has 35 heavy (non-hydrogen) atoms. The van der Waals surface area contributed by atoms with Crippen LogP contribution in [0.5, 0.6) is 5.75 Å². The summed E-state index contributed by atoms with van der Waals surface area (Å²) in [5.41, 5.74) is -1.30. The van der Waals surface area contributed by atoms with Crippen molar-refractivity contribution in [2.75, 3.05) is 6.61 Å². The summed E-state index contributed by atoms with van der Waals surface area (Å²) in [4.78, 5) is 25.7. The second-order valence-corrected chi connectivity index (χ2v) is 10.1. The van der Waals surface area contributed by atoms with Crippen LogP contribution in [0, 0.1) is 5.41 Å². The molecule has 1 aromatic rings. The first-order chi connectivity index (χ1) is 17.0. The number of halogens is 1. The van der Waals surface area contributed by atoms with E-state index in [0.717, 1.165) is 19.3 Å². The Morgan fingerprint density at radius 2 is 1.14 bits per heavy atom. The summed E-state index contributed by atoms with van der Waals surface area (Å²) in [6.45, 7) is 6.24. The van der Waals surface area contributed by atoms with Crippen molar-refractivity contribution in [2.24, 2.45) is 5.41 Å². The molecule has 0 bridgehead atoms. The SMILES string of the molecule is CCCCCCCCCCCCCCCCCOC(=O)C(CC)(CC)C(=O)Oc1ccccc1Cl. The molecular weight excluding hydrogens is 460 g/mol. The third kappa shape index (κ3) is 12.3. The van der Waals surface area contributed by atoms with Gasteiger partial charge in [-0.3, -0.25) is 9.59 Å². The Morgan fingerprint density at radius 1 is 0.686 bits per heavy atom. The fourth-order valence-corrected chi connectivity index (χ4v) is 4.59. The van der Waals surface area contributed by atoms with Crippen molar-refractivity contribution in [3.05, 3.63) is 29.3 Å². The first-order valence-corrected chi connectivity index (χ1v) is 14.5. The Bertz CT molecular complexity index is 699. The quantitative estimate of drug-likeness (QED) is 0.0717. The highest BCUT2D eigenvalue weighted by Crippen LogP contribution is 2.33. The number of esters is 2. The minimum atomic E-state index is -1.30. The molecular formula is C30H49ClO4. The van der Waals surface area contributed by atoms with Gasteiger partial charge < -0.3 is 9.47 Å². The van der Waals surface area contributed by atoms with Crippen LogP contribution in [0.1, 0.15) is 130 Å². The molecule has 0 saturated heterocycles. The van der Waals surface area contributed by atoms with E-state index < -0.39 is 17.4 Å². The van der Waals surface area contributed by atoms with Crippen LogP contribution in [0.3, 0.4) is 0 Å². The Morgan fingerprint density at radius 3 is 1.60 bits per heavy atom. The van der Waals surface area contributed by atoms with E-state index in [4.69, 9.17) is 21.1 Å². The van der Waals surface area contributed by atoms with E-state index in [-0.39, 0.29) is 5.75 Å². The third-order valence-corrected chi connectivity index (χ3v) is 7.32. The highest BCUT2D eigenvalue weighted by Gasteiger charge is 2.46. The number of rotatable bonds is 21. The second-order valence-electron chi connectivity index (χ2n) is 9.69. The van der Waals surface area contributed by atoms with Crippen molar-refractivity contribution in [3.63, 3.8) is 0 Å². The molecule has 0 aliphatic carbocycles. The van der Waals surface area contributed by atoms with E-state index >= 15 is 0 Å². The molecule has 0 fully saturated rings. The Balaban J connectivity index is 2.15. The first kappa shape index (κ1) is 31.5. The summed E-state index contributed by atoms with van der Waals surface area (Å²) in [6, 6.07) is 6.77. The van der Waals surface area contributed by atoms with Crippen LogP contribution in [-0.4, -0.2) is 18.5 Å². The first-order valence-electron chi connectivity index (χ1n) is 14.2. The maximum atomic E-state index is 12.9. The van der Waals surface area contributed by atoms with Gasteiger partial charge in [0.15, 0.2) is 5.41 Å². The zero-order valence-electron chi connectivity index (χ0n) is 22.5. The average molecular weight is 509 g/mol. The molecule has 0 unspecified atom stereocenters. The van der Waals surface area contributed by atoms with Crippen LogP contribution in [0.15, 0.2) is 24.3 Å². The van der Waals surface area contributed by atoms with E-state index in [1.54, 1.807) is 24.3 Å². The summed E-state index contributed by atoms with van der Waals surface area (Å²) >= 11 is 6.10. The van der Waals surface area contributed by atoms with Crippen molar-refractivity contribution in [1.29, 1.82) is 0 Å². The fourth-order valence-electron chi connectivity index (χ4n) is 4.41. The molecule has 0 aromatic heterocycles. The highest BCUT2D eigenvalue weighted by molar-refractivity contribution is 6.32. The van der Waals surface area contributed by atoms with E-state index in [0.29, 0.717) is 24.5 Å². The lowest BCUT2D eigenvalue weighted by atomic mass is 9.82. The van der Waals surface area contributed by atoms with E-state index in [1.165, 1.54) is 77.0 Å². The van der Waals surface area contributed by atoms with Gasteiger partial charge in [0, 0.05) is 0 Å². The van der Waals surface area contributed by atoms with Crippen LogP contribution < -0.4 is 4.74 Å². The van der Waals surface area contributed by atoms with E-state index in [9.17, 15) is 9.59 Å². The zero-order chi connectivity index (χ0) is 25.8. The number of ether oxygens (including phenoxy) is 2. The monoisotopic (exact) mass is 508 g/mol. The summed E-state index contributed by atoms with van der Waals surface area (Å²) < 4.78 is 11.0. The largest absolute Gasteiger partial charge is 0.465 e. The van der Waals surface area contributed by atoms with Crippen LogP contribution in [-0.2, 0) is 14.3 Å². The van der Waals surface area contributed by atoms with Crippen molar-refractivity contribution in [3.8, 4) is 5.75 Å². The van der Waals surface area contributed by atoms with Gasteiger partial charge in [-0.15, -0.1) is 0 Å². The molecule has 5 heteroatoms. The van der Waals surface area contributed by atoms with Crippen molar-refractivity contribution < 1.29 is 19.1 Å². The summed E-state index contributed by atoms with van der Waals surface area (Å²) in [5, 5.41) is 0.341. The molecule has 0 radical (unpaired) electrons. The van der Waals surface area contributed by atoms with Gasteiger partial charge in [0.2, 0.25) is 0 Å². The number of unbranched alkanes of at least 4 members (excludes halogenated alkanes) is 14. The molecule has 0 saturated carbocycles. The van der Waals surface area contributed by atoms with Gasteiger partial charge in [0.1, 0.15) is 5.75 Å². The molecule has 0 N–H and O–H groups in total. The predicted molar refractivity (Wildman–Crippen MR) is 146 cm³/mol. The van der Waals surface area contributed by atoms with Gasteiger partial charge in [-0.1, -0.05) is 134 Å². The summed E-state index contributed by atoms with van der Waals surface area (Å²) in [7, 11) is 0. The molecule has 0 aliphatic rings. The topological polar surface area (TPSA) is 52.6 Å². The van der Waals surface area contributed by atoms with Crippen LogP contribution >= 0.6 is 11.6 Å². The Hall–Kier alpha value is -1.55. The second kappa shape index (κ2) is 19.6. The molecule has 0 spiro atoms. The lowest BCUT2D eigenvalue weighted by Crippen LogP contribution is -2.42. The van der Waals surface area contributed by atoms with Crippen molar-refractivity contribution in [1.82, 2.24) is 0 Å². The molecule has 0 heterocycles. The molecule has 4 nitrogen and oxygen atoms in total. The van der Waals surface area contributed by atoms with Gasteiger partial charge >= 0.3 is 11.9 Å². The molecule has 0 amide bonds. The molecule has 1 aromatic carbocycles. The number of benzene rings is 1. The summed E-state index contributed by atoms with van der Waals surface area (Å²) in [6.07, 6.45) is 20.0. The highest BCUT2D eigenvalue weighted by atomic mass is 35.5. The standard InChI is InChI=1S/C30H49ClO4/c1-4-7-8-9-10-11-12-13-14-15-16-17-18-19-22-25-34-28(32)30(5-2,6-3)29(33)35-27-24-21-20-23-26(27)31/h20-21,23-24H,4-19,22,25H2,1-3H3. The van der Waals surface area contributed by atoms with Crippen molar-refractivity contribution in [2.45, 2.75) is 130 Å². The van der Waals surface area contributed by atoms with Crippen molar-refractivity contribution >= 4 is 23.5 Å². The predicted octanol–water partition coefficient (Wildman–Crippen LogP) is 9.47. The zero-order valence-corrected chi connectivity index (χ0v) is 23.3. The van der Waals surface area contributed by atoms with Gasteiger partial charge in [-0.2, -0.15) is 0 Å². The normalized spacial score (nSPS) is 11.4. The molecule has 0 aliphatic heterocycles. The number of hydrogen-bond donors (Lipinski definition) is 0. The smallest absolute Gasteiger partial charge is 0.328 e. The van der Waals surface area contributed by atoms with Gasteiger partial charge in [0.25, 0.3) is 0 Å². The molecule has 200 valence electrons. The number of carbonyl (C=O) groups is 2. The number of carbonyl (C=O) groups excluding carboxylic acids is 2. The maximum Gasteiger partial charge on any atom is 0.328 e. The molecule has 1 rings (SSSR count). The Labute approximate surface area is 219 Å². The third-order valence-electron chi connectivity index (χ3n) is 7.01. The average Bonchev–Trinajstić information content (AvgIpc) is 2.86. The minimum Gasteiger partial charge on any atom is -0.465 e. The van der Waals surface area contributed by atoms with Gasteiger partial charge in [-0.05, 0) is 31.4 Å². The summed E-state index contributed by atoms with van der Waals surface area (Å²) in [5.74, 6) is -0.831. The van der Waals surface area contributed by atoms with Crippen LogP contribution in [0.25, 0.3) is 0 Å². The lowest BCUT2D eigenvalue weighted by molar-refractivity contribution is -0.168. The van der Waals surface area contributed by atoms with Crippen LogP contribution in [0.2, 0.25) is 5.02 Å². The Kier molecular flexibility index (Phi) is 17.6. The maximum absolute atomic E-state index is 12.9. The molecule has 0 atom stereocenters. The van der Waals surface area contributed by atoms with Gasteiger partial charge in [0.05, 0.1) is 11.6 Å². The minimum absolute atomic E-state index is 0.264. The number of para-hydroxylation sites is 1. The van der Waals surface area contributed by atoms with Crippen LogP contribution in [0.4, 0.5) is 0 Å². The van der Waals surface area contributed by atoms with E-state index in [1.807, 2.05) is 13.8 Å². The fraction of sp³-hybridized carbons (Fsp3) is 0.733.